The van der Waals surface area contributed by atoms with E-state index in [0.717, 1.165) is 11.4 Å². The first-order valence-corrected chi connectivity index (χ1v) is 16.0. The van der Waals surface area contributed by atoms with Gasteiger partial charge in [0.1, 0.15) is 0 Å². The third kappa shape index (κ3) is 4.55. The minimum atomic E-state index is -0.0545. The molecule has 0 heterocycles. The lowest BCUT2D eigenvalue weighted by molar-refractivity contribution is 0.660. The fourth-order valence-electron chi connectivity index (χ4n) is 7.43. The summed E-state index contributed by atoms with van der Waals surface area (Å²) in [5, 5.41) is 0. The van der Waals surface area contributed by atoms with Gasteiger partial charge in [-0.05, 0) is 118 Å². The molecule has 0 unspecified atom stereocenters. The third-order valence-electron chi connectivity index (χ3n) is 9.87. The van der Waals surface area contributed by atoms with E-state index >= 15 is 0 Å². The van der Waals surface area contributed by atoms with Gasteiger partial charge in [0, 0.05) is 22.5 Å². The van der Waals surface area contributed by atoms with E-state index in [4.69, 9.17) is 0 Å². The second-order valence-corrected chi connectivity index (χ2v) is 12.9. The van der Waals surface area contributed by atoms with Gasteiger partial charge < -0.3 is 4.90 Å². The Bertz CT molecular complexity index is 1960. The Labute approximate surface area is 261 Å². The minimum absolute atomic E-state index is 0.0545. The van der Waals surface area contributed by atoms with Gasteiger partial charge in [-0.25, -0.2) is 0 Å². The van der Waals surface area contributed by atoms with Crippen LogP contribution in [-0.4, -0.2) is 0 Å². The van der Waals surface area contributed by atoms with Gasteiger partial charge in [-0.2, -0.15) is 0 Å². The summed E-state index contributed by atoms with van der Waals surface area (Å²) in [6, 6.07) is 51.7. The van der Waals surface area contributed by atoms with Crippen molar-refractivity contribution in [2.75, 3.05) is 4.90 Å². The van der Waals surface area contributed by atoms with E-state index < -0.39 is 0 Å². The molecule has 0 fully saturated rings. The first-order valence-electron chi connectivity index (χ1n) is 16.0. The SMILES string of the molecule is CC1(C)c2ccccc2-c2ccc(N(c3ccc(-c4ccccc4)cc3)c3ccc(-c4ccc5c(c4)CCCC5)cc3)cc21. The van der Waals surface area contributed by atoms with Gasteiger partial charge in [0.25, 0.3) is 0 Å². The number of rotatable bonds is 5. The number of anilines is 3. The summed E-state index contributed by atoms with van der Waals surface area (Å²) in [7, 11) is 0. The molecular weight excluding hydrogens is 530 g/mol. The van der Waals surface area contributed by atoms with E-state index in [9.17, 15) is 0 Å². The fraction of sp³-hybridized carbons (Fsp3) is 0.163. The van der Waals surface area contributed by atoms with Crippen molar-refractivity contribution in [3.63, 3.8) is 0 Å². The topological polar surface area (TPSA) is 3.24 Å². The summed E-state index contributed by atoms with van der Waals surface area (Å²) in [6.07, 6.45) is 5.03. The Morgan fingerprint density at radius 1 is 0.432 bits per heavy atom. The monoisotopic (exact) mass is 567 g/mol. The lowest BCUT2D eigenvalue weighted by Gasteiger charge is -2.28. The summed E-state index contributed by atoms with van der Waals surface area (Å²) >= 11 is 0. The van der Waals surface area contributed by atoms with Crippen LogP contribution in [0, 0.1) is 0 Å². The quantitative estimate of drug-likeness (QED) is 0.200. The second-order valence-electron chi connectivity index (χ2n) is 12.9. The molecule has 6 aromatic rings. The maximum atomic E-state index is 2.42. The predicted octanol–water partition coefficient (Wildman–Crippen LogP) is 11.7. The highest BCUT2D eigenvalue weighted by Crippen LogP contribution is 2.50. The maximum Gasteiger partial charge on any atom is 0.0465 e. The zero-order valence-electron chi connectivity index (χ0n) is 25.6. The molecule has 214 valence electrons. The molecule has 0 bridgehead atoms. The van der Waals surface area contributed by atoms with Gasteiger partial charge in [0.2, 0.25) is 0 Å². The van der Waals surface area contributed by atoms with Crippen molar-refractivity contribution in [1.82, 2.24) is 0 Å². The predicted molar refractivity (Wildman–Crippen MR) is 186 cm³/mol. The average Bonchev–Trinajstić information content (AvgIpc) is 3.31. The molecule has 0 N–H and O–H groups in total. The van der Waals surface area contributed by atoms with Crippen LogP contribution < -0.4 is 4.90 Å². The maximum absolute atomic E-state index is 2.42. The van der Waals surface area contributed by atoms with Crippen molar-refractivity contribution in [3.8, 4) is 33.4 Å². The van der Waals surface area contributed by atoms with Crippen molar-refractivity contribution in [2.24, 2.45) is 0 Å². The van der Waals surface area contributed by atoms with Crippen LogP contribution in [0.1, 0.15) is 48.9 Å². The Morgan fingerprint density at radius 2 is 0.977 bits per heavy atom. The van der Waals surface area contributed by atoms with Gasteiger partial charge in [-0.3, -0.25) is 0 Å². The summed E-state index contributed by atoms with van der Waals surface area (Å²) in [5.74, 6) is 0. The molecule has 0 saturated heterocycles. The molecule has 6 aromatic carbocycles. The molecule has 0 aliphatic heterocycles. The van der Waals surface area contributed by atoms with Crippen LogP contribution in [0.2, 0.25) is 0 Å². The molecule has 1 nitrogen and oxygen atoms in total. The fourth-order valence-corrected chi connectivity index (χ4v) is 7.43. The molecule has 44 heavy (non-hydrogen) atoms. The molecule has 0 atom stereocenters. The van der Waals surface area contributed by atoms with Gasteiger partial charge in [-0.1, -0.05) is 117 Å². The zero-order chi connectivity index (χ0) is 29.7. The summed E-state index contributed by atoms with van der Waals surface area (Å²) < 4.78 is 0. The lowest BCUT2D eigenvalue weighted by Crippen LogP contribution is -2.16. The number of aryl methyl sites for hydroxylation is 2. The molecule has 8 rings (SSSR count). The van der Waals surface area contributed by atoms with Crippen LogP contribution in [-0.2, 0) is 18.3 Å². The van der Waals surface area contributed by atoms with E-state index in [1.54, 1.807) is 0 Å². The Morgan fingerprint density at radius 3 is 1.70 bits per heavy atom. The smallest absolute Gasteiger partial charge is 0.0465 e. The first-order chi connectivity index (χ1) is 21.6. The van der Waals surface area contributed by atoms with Crippen molar-refractivity contribution < 1.29 is 0 Å². The van der Waals surface area contributed by atoms with E-state index in [2.05, 4.69) is 158 Å². The number of nitrogens with zero attached hydrogens (tertiary/aromatic N) is 1. The summed E-state index contributed by atoms with van der Waals surface area (Å²) in [5.41, 5.74) is 17.0. The van der Waals surface area contributed by atoms with Crippen LogP contribution in [0.15, 0.2) is 140 Å². The standard InChI is InChI=1S/C43H37N/c1-43(2)41-15-9-8-14-39(41)40-27-26-38(29-42(40)43)44(36-22-18-32(19-23-36)30-10-4-3-5-11-30)37-24-20-33(21-25-37)35-17-16-31-12-6-7-13-34(31)28-35/h3-5,8-11,14-29H,6-7,12-13H2,1-2H3. The Kier molecular flexibility index (Phi) is 6.49. The Balaban J connectivity index is 1.21. The summed E-state index contributed by atoms with van der Waals surface area (Å²) in [4.78, 5) is 2.41. The molecule has 0 amide bonds. The highest BCUT2D eigenvalue weighted by molar-refractivity contribution is 5.86. The van der Waals surface area contributed by atoms with Crippen LogP contribution in [0.25, 0.3) is 33.4 Å². The number of fused-ring (bicyclic) bond motifs is 4. The highest BCUT2D eigenvalue weighted by Gasteiger charge is 2.35. The molecular formula is C43H37N. The van der Waals surface area contributed by atoms with E-state index in [-0.39, 0.29) is 5.41 Å². The highest BCUT2D eigenvalue weighted by atomic mass is 15.1. The molecule has 0 aromatic heterocycles. The van der Waals surface area contributed by atoms with Gasteiger partial charge in [0.15, 0.2) is 0 Å². The average molecular weight is 568 g/mol. The number of hydrogen-bond donors (Lipinski definition) is 0. The molecule has 0 spiro atoms. The second kappa shape index (κ2) is 10.7. The van der Waals surface area contributed by atoms with E-state index in [1.807, 2.05) is 0 Å². The first kappa shape index (κ1) is 26.7. The molecule has 0 radical (unpaired) electrons. The third-order valence-corrected chi connectivity index (χ3v) is 9.87. The van der Waals surface area contributed by atoms with E-state index in [1.165, 1.54) is 87.0 Å². The van der Waals surface area contributed by atoms with E-state index in [0.29, 0.717) is 0 Å². The van der Waals surface area contributed by atoms with Crippen LogP contribution in [0.5, 0.6) is 0 Å². The summed E-state index contributed by atoms with van der Waals surface area (Å²) in [6.45, 7) is 4.71. The molecule has 0 saturated carbocycles. The van der Waals surface area contributed by atoms with Crippen LogP contribution >= 0.6 is 0 Å². The van der Waals surface area contributed by atoms with Crippen molar-refractivity contribution >= 4 is 17.1 Å². The Hall–Kier alpha value is -4.88. The van der Waals surface area contributed by atoms with Crippen molar-refractivity contribution in [1.29, 1.82) is 0 Å². The largest absolute Gasteiger partial charge is 0.310 e. The molecule has 2 aliphatic rings. The van der Waals surface area contributed by atoms with Crippen LogP contribution in [0.3, 0.4) is 0 Å². The minimum Gasteiger partial charge on any atom is -0.310 e. The normalized spacial score (nSPS) is 14.4. The number of hydrogen-bond acceptors (Lipinski definition) is 1. The van der Waals surface area contributed by atoms with Crippen molar-refractivity contribution in [2.45, 2.75) is 44.9 Å². The van der Waals surface area contributed by atoms with Crippen molar-refractivity contribution in [3.05, 3.63) is 162 Å². The van der Waals surface area contributed by atoms with Gasteiger partial charge in [-0.15, -0.1) is 0 Å². The zero-order valence-corrected chi connectivity index (χ0v) is 25.6. The van der Waals surface area contributed by atoms with Gasteiger partial charge in [0.05, 0.1) is 0 Å². The van der Waals surface area contributed by atoms with Gasteiger partial charge >= 0.3 is 0 Å². The lowest BCUT2D eigenvalue weighted by atomic mass is 9.82. The number of benzene rings is 6. The molecule has 2 aliphatic carbocycles. The molecule has 1 heteroatoms. The van der Waals surface area contributed by atoms with Crippen LogP contribution in [0.4, 0.5) is 17.1 Å².